The van der Waals surface area contributed by atoms with E-state index in [0.29, 0.717) is 38.8 Å². The molecule has 12 nitrogen and oxygen atoms in total. The SMILES string of the molecule is C=CC(=O)OCCN(CCOC(=O)C=C)C(=O)CCCCCCC/C=C\CCCCCCCC.CCCCCCCC/C=C\CCCCCCCC(=O)N(CCOC(=O)CCC)CCOC(=O)CCC. The summed E-state index contributed by atoms with van der Waals surface area (Å²) >= 11 is 0. The van der Waals surface area contributed by atoms with Crippen molar-refractivity contribution >= 4 is 35.7 Å². The molecule has 0 unspecified atom stereocenters. The summed E-state index contributed by atoms with van der Waals surface area (Å²) in [5.74, 6) is -1.52. The van der Waals surface area contributed by atoms with E-state index in [1.54, 1.807) is 9.80 Å². The van der Waals surface area contributed by atoms with Gasteiger partial charge < -0.3 is 28.7 Å². The number of esters is 4. The molecule has 70 heavy (non-hydrogen) atoms. The lowest BCUT2D eigenvalue weighted by molar-refractivity contribution is -0.147. The van der Waals surface area contributed by atoms with Crippen LogP contribution in [0.3, 0.4) is 0 Å². The highest BCUT2D eigenvalue weighted by molar-refractivity contribution is 5.82. The monoisotopic (exact) mass is 987 g/mol. The molecule has 0 heterocycles. The van der Waals surface area contributed by atoms with Crippen LogP contribution in [0.1, 0.15) is 233 Å². The summed E-state index contributed by atoms with van der Waals surface area (Å²) in [6.45, 7) is 16.8. The summed E-state index contributed by atoms with van der Waals surface area (Å²) < 4.78 is 20.4. The quantitative estimate of drug-likeness (QED) is 0.0190. The fourth-order valence-corrected chi connectivity index (χ4v) is 7.46. The van der Waals surface area contributed by atoms with Gasteiger partial charge in [0.15, 0.2) is 0 Å². The number of nitrogens with zero attached hydrogens (tertiary/aromatic N) is 2. The Morgan fingerprint density at radius 1 is 0.343 bits per heavy atom. The first-order chi connectivity index (χ1) is 34.1. The van der Waals surface area contributed by atoms with Gasteiger partial charge in [0.2, 0.25) is 11.8 Å². The van der Waals surface area contributed by atoms with E-state index in [0.717, 1.165) is 76.4 Å². The van der Waals surface area contributed by atoms with Gasteiger partial charge in [-0.15, -0.1) is 0 Å². The van der Waals surface area contributed by atoms with Gasteiger partial charge in [0.25, 0.3) is 0 Å². The van der Waals surface area contributed by atoms with Crippen molar-refractivity contribution in [2.24, 2.45) is 0 Å². The minimum Gasteiger partial charge on any atom is -0.464 e. The fraction of sp³-hybridized carbons (Fsp3) is 0.759. The molecule has 0 aromatic carbocycles. The number of carbonyl (C=O) groups is 6. The summed E-state index contributed by atoms with van der Waals surface area (Å²) in [4.78, 5) is 74.1. The molecular formula is C58H102N2O10. The van der Waals surface area contributed by atoms with E-state index in [-0.39, 0.29) is 63.3 Å². The van der Waals surface area contributed by atoms with Crippen molar-refractivity contribution in [2.75, 3.05) is 52.6 Å². The van der Waals surface area contributed by atoms with Crippen LogP contribution in [0.4, 0.5) is 0 Å². The Bertz CT molecular complexity index is 1330. The molecule has 0 bridgehead atoms. The first-order valence-electron chi connectivity index (χ1n) is 27.8. The topological polar surface area (TPSA) is 146 Å². The maximum Gasteiger partial charge on any atom is 0.330 e. The molecule has 12 heteroatoms. The van der Waals surface area contributed by atoms with Gasteiger partial charge >= 0.3 is 23.9 Å². The van der Waals surface area contributed by atoms with Crippen molar-refractivity contribution < 1.29 is 47.7 Å². The van der Waals surface area contributed by atoms with Crippen molar-refractivity contribution in [1.82, 2.24) is 9.80 Å². The highest BCUT2D eigenvalue weighted by atomic mass is 16.5. The zero-order valence-corrected chi connectivity index (χ0v) is 45.1. The van der Waals surface area contributed by atoms with Crippen molar-refractivity contribution in [3.05, 3.63) is 49.6 Å². The predicted octanol–water partition coefficient (Wildman–Crippen LogP) is 13.8. The molecule has 0 saturated carbocycles. The minimum atomic E-state index is -0.525. The molecule has 0 aliphatic carbocycles. The number of allylic oxidation sites excluding steroid dienone is 4. The molecule has 0 rings (SSSR count). The third-order valence-electron chi connectivity index (χ3n) is 11.7. The molecule has 0 aromatic heterocycles. The van der Waals surface area contributed by atoms with Crippen molar-refractivity contribution in [3.63, 3.8) is 0 Å². The largest absolute Gasteiger partial charge is 0.464 e. The van der Waals surface area contributed by atoms with Gasteiger partial charge in [0, 0.05) is 37.8 Å². The van der Waals surface area contributed by atoms with Crippen LogP contribution in [0.5, 0.6) is 0 Å². The minimum absolute atomic E-state index is 0.0260. The Balaban J connectivity index is 0. The zero-order valence-electron chi connectivity index (χ0n) is 45.1. The van der Waals surface area contributed by atoms with Crippen LogP contribution >= 0.6 is 0 Å². The number of amides is 2. The molecule has 0 atom stereocenters. The van der Waals surface area contributed by atoms with Gasteiger partial charge in [-0.1, -0.05) is 168 Å². The molecular weight excluding hydrogens is 885 g/mol. The standard InChI is InChI=1S/C30H55NO5.C28H47NO5/c1-4-7-8-9-10-11-12-13-14-15-16-17-18-19-20-23-28(32)31(24-26-35-29(33)21-5-2)25-27-36-30(34)22-6-3;1-4-7-8-9-10-11-12-13-14-15-16-17-18-19-20-21-26(30)29(22-24-33-27(31)5-2)23-25-34-28(32)6-3/h13-14H,4-12,15-27H2,1-3H3;5-6,13-14H,2-4,7-12,15-25H2,1H3/b2*14-13-. The number of unbranched alkanes of at least 4 members (excludes halogenated alkanes) is 22. The number of hydrogen-bond acceptors (Lipinski definition) is 10. The van der Waals surface area contributed by atoms with Crippen molar-refractivity contribution in [2.45, 2.75) is 233 Å². The smallest absolute Gasteiger partial charge is 0.330 e. The van der Waals surface area contributed by atoms with Gasteiger partial charge in [-0.05, 0) is 77.0 Å². The third kappa shape index (κ3) is 48.8. The first-order valence-corrected chi connectivity index (χ1v) is 27.8. The second-order valence-electron chi connectivity index (χ2n) is 18.1. The lowest BCUT2D eigenvalue weighted by atomic mass is 10.1. The van der Waals surface area contributed by atoms with E-state index in [1.807, 2.05) is 13.8 Å². The highest BCUT2D eigenvalue weighted by Crippen LogP contribution is 2.13. The van der Waals surface area contributed by atoms with Crippen LogP contribution in [0.25, 0.3) is 0 Å². The summed E-state index contributed by atoms with van der Waals surface area (Å²) in [6.07, 6.45) is 46.3. The Morgan fingerprint density at radius 3 is 0.900 bits per heavy atom. The average molecular weight is 987 g/mol. The van der Waals surface area contributed by atoms with Gasteiger partial charge in [0.05, 0.1) is 26.2 Å². The normalized spacial score (nSPS) is 10.9. The molecule has 2 amide bonds. The molecule has 0 radical (unpaired) electrons. The second kappa shape index (κ2) is 54.1. The van der Waals surface area contributed by atoms with Gasteiger partial charge in [-0.3, -0.25) is 19.2 Å². The van der Waals surface area contributed by atoms with Crippen LogP contribution in [-0.2, 0) is 47.7 Å². The Labute approximate surface area is 427 Å². The van der Waals surface area contributed by atoms with Crippen LogP contribution in [-0.4, -0.2) is 98.1 Å². The van der Waals surface area contributed by atoms with Crippen LogP contribution in [0, 0.1) is 0 Å². The third-order valence-corrected chi connectivity index (χ3v) is 11.7. The van der Waals surface area contributed by atoms with E-state index in [9.17, 15) is 28.8 Å². The summed E-state index contributed by atoms with van der Waals surface area (Å²) in [7, 11) is 0. The van der Waals surface area contributed by atoms with Crippen LogP contribution < -0.4 is 0 Å². The maximum atomic E-state index is 12.7. The lowest BCUT2D eigenvalue weighted by Crippen LogP contribution is -2.37. The fourth-order valence-electron chi connectivity index (χ4n) is 7.46. The second-order valence-corrected chi connectivity index (χ2v) is 18.1. The van der Waals surface area contributed by atoms with Gasteiger partial charge in [-0.2, -0.15) is 0 Å². The number of hydrogen-bond donors (Lipinski definition) is 0. The zero-order chi connectivity index (χ0) is 52.0. The Kier molecular flexibility index (Phi) is 52.5. The predicted molar refractivity (Wildman–Crippen MR) is 286 cm³/mol. The summed E-state index contributed by atoms with van der Waals surface area (Å²) in [5, 5.41) is 0. The average Bonchev–Trinajstić information content (AvgIpc) is 3.35. The number of carbonyl (C=O) groups excluding carboxylic acids is 6. The first kappa shape index (κ1) is 67.9. The lowest BCUT2D eigenvalue weighted by Gasteiger charge is -2.22. The van der Waals surface area contributed by atoms with Crippen LogP contribution in [0.2, 0.25) is 0 Å². The van der Waals surface area contributed by atoms with E-state index in [4.69, 9.17) is 18.9 Å². The summed E-state index contributed by atoms with van der Waals surface area (Å²) in [6, 6.07) is 0. The van der Waals surface area contributed by atoms with Crippen molar-refractivity contribution in [3.8, 4) is 0 Å². The molecule has 0 fully saturated rings. The molecule has 0 aliphatic rings. The Hall–Kier alpha value is -4.22. The number of rotatable bonds is 48. The van der Waals surface area contributed by atoms with E-state index in [2.05, 4.69) is 51.3 Å². The van der Waals surface area contributed by atoms with E-state index >= 15 is 0 Å². The molecule has 0 aliphatic heterocycles. The van der Waals surface area contributed by atoms with Crippen molar-refractivity contribution in [1.29, 1.82) is 0 Å². The van der Waals surface area contributed by atoms with E-state index < -0.39 is 11.9 Å². The maximum absolute atomic E-state index is 12.7. The van der Waals surface area contributed by atoms with E-state index in [1.165, 1.54) is 116 Å². The van der Waals surface area contributed by atoms with Gasteiger partial charge in [-0.25, -0.2) is 9.59 Å². The molecule has 0 N–H and O–H groups in total. The van der Waals surface area contributed by atoms with Crippen LogP contribution in [0.15, 0.2) is 49.6 Å². The Morgan fingerprint density at radius 2 is 0.614 bits per heavy atom. The molecule has 0 saturated heterocycles. The molecule has 404 valence electrons. The number of ether oxygens (including phenoxy) is 4. The van der Waals surface area contributed by atoms with Gasteiger partial charge in [0.1, 0.15) is 26.4 Å². The molecule has 0 spiro atoms. The molecule has 0 aromatic rings. The highest BCUT2D eigenvalue weighted by Gasteiger charge is 2.16. The summed E-state index contributed by atoms with van der Waals surface area (Å²) in [5.41, 5.74) is 0.